The molecule has 0 amide bonds. The van der Waals surface area contributed by atoms with E-state index in [2.05, 4.69) is 59.2 Å². The van der Waals surface area contributed by atoms with Crippen LogP contribution in [0.4, 0.5) is 0 Å². The van der Waals surface area contributed by atoms with Crippen LogP contribution in [0.5, 0.6) is 0 Å². The van der Waals surface area contributed by atoms with Crippen molar-refractivity contribution in [2.75, 3.05) is 19.6 Å². The molecule has 2 rings (SSSR count). The predicted octanol–water partition coefficient (Wildman–Crippen LogP) is 3.03. The van der Waals surface area contributed by atoms with Gasteiger partial charge in [0.05, 0.1) is 6.54 Å². The van der Waals surface area contributed by atoms with Crippen LogP contribution in [0.2, 0.25) is 5.02 Å². The molecule has 0 radical (unpaired) electrons. The largest absolute Gasteiger partial charge is 0.357 e. The van der Waals surface area contributed by atoms with Gasteiger partial charge < -0.3 is 15.2 Å². The van der Waals surface area contributed by atoms with Crippen LogP contribution in [-0.4, -0.2) is 40.4 Å². The third-order valence-electron chi connectivity index (χ3n) is 4.24. The summed E-state index contributed by atoms with van der Waals surface area (Å²) in [6.07, 6.45) is 2.65. The van der Waals surface area contributed by atoms with Crippen molar-refractivity contribution < 1.29 is 0 Å². The molecule has 0 bridgehead atoms. The Bertz CT molecular complexity index is 722. The summed E-state index contributed by atoms with van der Waals surface area (Å²) < 4.78 is 2.06. The Balaban J connectivity index is 1.97. The molecule has 1 heterocycles. The van der Waals surface area contributed by atoms with E-state index in [0.717, 1.165) is 42.9 Å². The van der Waals surface area contributed by atoms with Gasteiger partial charge in [-0.05, 0) is 24.6 Å². The first-order valence-electron chi connectivity index (χ1n) is 9.11. The zero-order valence-corrected chi connectivity index (χ0v) is 16.8. The molecule has 0 fully saturated rings. The van der Waals surface area contributed by atoms with Gasteiger partial charge >= 0.3 is 0 Å². The van der Waals surface area contributed by atoms with Crippen LogP contribution in [0, 0.1) is 0 Å². The number of guanidine groups is 1. The minimum absolute atomic E-state index is 0.100. The SMILES string of the molecule is CCNC(=NCC(C)(C)c1cccc(Cl)c1)NCCn1cnnc1CC. The molecule has 26 heavy (non-hydrogen) atoms. The minimum atomic E-state index is -0.100. The van der Waals surface area contributed by atoms with Gasteiger partial charge in [0, 0.05) is 36.5 Å². The zero-order valence-electron chi connectivity index (χ0n) is 16.1. The molecule has 0 spiro atoms. The smallest absolute Gasteiger partial charge is 0.191 e. The Morgan fingerprint density at radius 2 is 2.08 bits per heavy atom. The molecule has 0 atom stereocenters. The Morgan fingerprint density at radius 3 is 2.77 bits per heavy atom. The third kappa shape index (κ3) is 5.73. The van der Waals surface area contributed by atoms with E-state index in [0.29, 0.717) is 6.54 Å². The van der Waals surface area contributed by atoms with Gasteiger partial charge in [-0.15, -0.1) is 10.2 Å². The van der Waals surface area contributed by atoms with Crippen molar-refractivity contribution in [3.05, 3.63) is 47.0 Å². The standard InChI is InChI=1S/C19H29ClN6/c1-5-17-25-24-14-26(17)11-10-22-18(21-6-2)23-13-19(3,4)15-8-7-9-16(20)12-15/h7-9,12,14H,5-6,10-11,13H2,1-4H3,(H2,21,22,23). The van der Waals surface area contributed by atoms with Crippen LogP contribution in [0.3, 0.4) is 0 Å². The summed E-state index contributed by atoms with van der Waals surface area (Å²) in [6.45, 7) is 11.5. The van der Waals surface area contributed by atoms with Crippen molar-refractivity contribution in [1.29, 1.82) is 0 Å². The fourth-order valence-electron chi connectivity index (χ4n) is 2.65. The Hall–Kier alpha value is -2.08. The van der Waals surface area contributed by atoms with E-state index < -0.39 is 0 Å². The molecule has 7 heteroatoms. The first-order valence-corrected chi connectivity index (χ1v) is 9.49. The molecule has 0 saturated heterocycles. The molecule has 0 aliphatic carbocycles. The summed E-state index contributed by atoms with van der Waals surface area (Å²) in [4.78, 5) is 4.76. The average Bonchev–Trinajstić information content (AvgIpc) is 3.07. The number of aromatic nitrogens is 3. The first kappa shape index (κ1) is 20.2. The van der Waals surface area contributed by atoms with Crippen LogP contribution >= 0.6 is 11.6 Å². The van der Waals surface area contributed by atoms with Crippen LogP contribution in [-0.2, 0) is 18.4 Å². The summed E-state index contributed by atoms with van der Waals surface area (Å²) in [6, 6.07) is 7.98. The van der Waals surface area contributed by atoms with Gasteiger partial charge in [0.15, 0.2) is 5.96 Å². The number of nitrogens with zero attached hydrogens (tertiary/aromatic N) is 4. The number of aliphatic imine (C=N–C) groups is 1. The lowest BCUT2D eigenvalue weighted by molar-refractivity contribution is 0.536. The fraction of sp³-hybridized carbons (Fsp3) is 0.526. The average molecular weight is 377 g/mol. The van der Waals surface area contributed by atoms with E-state index in [9.17, 15) is 0 Å². The molecule has 2 N–H and O–H groups in total. The van der Waals surface area contributed by atoms with Crippen LogP contribution in [0.15, 0.2) is 35.6 Å². The predicted molar refractivity (Wildman–Crippen MR) is 108 cm³/mol. The Morgan fingerprint density at radius 1 is 1.27 bits per heavy atom. The number of nitrogens with one attached hydrogen (secondary N) is 2. The molecule has 2 aromatic rings. The molecule has 6 nitrogen and oxygen atoms in total. The lowest BCUT2D eigenvalue weighted by Crippen LogP contribution is -2.40. The third-order valence-corrected chi connectivity index (χ3v) is 4.47. The minimum Gasteiger partial charge on any atom is -0.357 e. The number of benzene rings is 1. The van der Waals surface area contributed by atoms with Gasteiger partial charge in [0.25, 0.3) is 0 Å². The van der Waals surface area contributed by atoms with E-state index in [1.165, 1.54) is 5.56 Å². The number of aryl methyl sites for hydroxylation is 1. The fourth-order valence-corrected chi connectivity index (χ4v) is 2.84. The maximum Gasteiger partial charge on any atom is 0.191 e. The van der Waals surface area contributed by atoms with Crippen molar-refractivity contribution in [2.45, 2.75) is 46.1 Å². The van der Waals surface area contributed by atoms with Crippen molar-refractivity contribution in [2.24, 2.45) is 4.99 Å². The molecular weight excluding hydrogens is 348 g/mol. The number of rotatable bonds is 8. The van der Waals surface area contributed by atoms with E-state index in [4.69, 9.17) is 16.6 Å². The highest BCUT2D eigenvalue weighted by atomic mass is 35.5. The lowest BCUT2D eigenvalue weighted by atomic mass is 9.85. The summed E-state index contributed by atoms with van der Waals surface area (Å²) in [7, 11) is 0. The summed E-state index contributed by atoms with van der Waals surface area (Å²) in [5.74, 6) is 1.81. The molecule has 0 aliphatic rings. The Labute approximate surface area is 161 Å². The molecule has 1 aromatic heterocycles. The van der Waals surface area contributed by atoms with E-state index in [-0.39, 0.29) is 5.41 Å². The number of hydrogen-bond acceptors (Lipinski definition) is 3. The van der Waals surface area contributed by atoms with Gasteiger partial charge in [0.2, 0.25) is 0 Å². The van der Waals surface area contributed by atoms with Crippen molar-refractivity contribution in [3.8, 4) is 0 Å². The van der Waals surface area contributed by atoms with Gasteiger partial charge in [-0.25, -0.2) is 0 Å². The van der Waals surface area contributed by atoms with E-state index >= 15 is 0 Å². The van der Waals surface area contributed by atoms with Crippen LogP contribution in [0.1, 0.15) is 39.1 Å². The molecule has 142 valence electrons. The highest BCUT2D eigenvalue weighted by molar-refractivity contribution is 6.30. The second-order valence-corrected chi connectivity index (χ2v) is 7.25. The molecule has 1 aromatic carbocycles. The topological polar surface area (TPSA) is 67.1 Å². The maximum absolute atomic E-state index is 6.13. The van der Waals surface area contributed by atoms with Gasteiger partial charge in [-0.2, -0.15) is 0 Å². The lowest BCUT2D eigenvalue weighted by Gasteiger charge is -2.24. The quantitative estimate of drug-likeness (QED) is 0.549. The second kappa shape index (κ2) is 9.57. The second-order valence-electron chi connectivity index (χ2n) is 6.81. The molecule has 0 aliphatic heterocycles. The monoisotopic (exact) mass is 376 g/mol. The zero-order chi connectivity index (χ0) is 19.0. The van der Waals surface area contributed by atoms with E-state index in [1.54, 1.807) is 6.33 Å². The summed E-state index contributed by atoms with van der Waals surface area (Å²) >= 11 is 6.13. The number of hydrogen-bond donors (Lipinski definition) is 2. The highest BCUT2D eigenvalue weighted by Crippen LogP contribution is 2.25. The summed E-state index contributed by atoms with van der Waals surface area (Å²) in [5, 5.41) is 15.5. The molecular formula is C19H29ClN6. The van der Waals surface area contributed by atoms with Gasteiger partial charge in [-0.3, -0.25) is 4.99 Å². The normalized spacial score (nSPS) is 12.3. The molecule has 0 unspecified atom stereocenters. The van der Waals surface area contributed by atoms with Crippen LogP contribution < -0.4 is 10.6 Å². The van der Waals surface area contributed by atoms with Crippen molar-refractivity contribution in [1.82, 2.24) is 25.4 Å². The Kier molecular flexibility index (Phi) is 7.45. The van der Waals surface area contributed by atoms with Gasteiger partial charge in [-0.1, -0.05) is 44.5 Å². The number of halogens is 1. The maximum atomic E-state index is 6.13. The van der Waals surface area contributed by atoms with Crippen molar-refractivity contribution in [3.63, 3.8) is 0 Å². The van der Waals surface area contributed by atoms with E-state index in [1.807, 2.05) is 18.2 Å². The van der Waals surface area contributed by atoms with Crippen molar-refractivity contribution >= 4 is 17.6 Å². The molecule has 0 saturated carbocycles. The van der Waals surface area contributed by atoms with Gasteiger partial charge in [0.1, 0.15) is 12.2 Å². The first-order chi connectivity index (χ1) is 12.5. The highest BCUT2D eigenvalue weighted by Gasteiger charge is 2.20. The van der Waals surface area contributed by atoms with Crippen LogP contribution in [0.25, 0.3) is 0 Å². The summed E-state index contributed by atoms with van der Waals surface area (Å²) in [5.41, 5.74) is 1.08.